The van der Waals surface area contributed by atoms with E-state index in [1.807, 2.05) is 13.8 Å². The average molecular weight is 603 g/mol. The van der Waals surface area contributed by atoms with E-state index < -0.39 is 75.7 Å². The Bertz CT molecular complexity index is 1200. The molecule has 0 heterocycles. The summed E-state index contributed by atoms with van der Waals surface area (Å²) >= 11 is 0. The van der Waals surface area contributed by atoms with E-state index in [1.54, 1.807) is 26.0 Å². The number of ether oxygens (including phenoxy) is 3. The quantitative estimate of drug-likeness (QED) is 0.140. The second kappa shape index (κ2) is 12.1. The molecule has 0 aromatic heterocycles. The lowest BCUT2D eigenvalue weighted by molar-refractivity contribution is -0.228. The lowest BCUT2D eigenvalue weighted by Crippen LogP contribution is -2.66. The summed E-state index contributed by atoms with van der Waals surface area (Å²) in [6.07, 6.45) is 9.81. The van der Waals surface area contributed by atoms with Gasteiger partial charge in [-0.3, -0.25) is 19.2 Å². The van der Waals surface area contributed by atoms with Crippen molar-refractivity contribution in [2.45, 2.75) is 129 Å². The smallest absolute Gasteiger partial charge is 0.306 e. The Morgan fingerprint density at radius 2 is 1.60 bits per heavy atom. The van der Waals surface area contributed by atoms with Crippen molar-refractivity contribution in [1.82, 2.24) is 0 Å². The summed E-state index contributed by atoms with van der Waals surface area (Å²) < 4.78 is 17.6. The van der Waals surface area contributed by atoms with Gasteiger partial charge in [-0.1, -0.05) is 78.4 Å². The fraction of sp³-hybridized carbons (Fsp3) is 0.765. The molecule has 0 aromatic carbocycles. The van der Waals surface area contributed by atoms with E-state index in [2.05, 4.69) is 6.92 Å². The molecule has 4 aliphatic carbocycles. The molecule has 0 radical (unpaired) electrons. The first-order valence-corrected chi connectivity index (χ1v) is 16.0. The van der Waals surface area contributed by atoms with Gasteiger partial charge in [0, 0.05) is 55.8 Å². The minimum atomic E-state index is -1.97. The van der Waals surface area contributed by atoms with Crippen molar-refractivity contribution in [2.75, 3.05) is 6.61 Å². The molecule has 4 rings (SSSR count). The summed E-state index contributed by atoms with van der Waals surface area (Å²) in [5.41, 5.74) is -4.83. The van der Waals surface area contributed by atoms with Crippen molar-refractivity contribution in [3.05, 3.63) is 23.3 Å². The van der Waals surface area contributed by atoms with Crippen molar-refractivity contribution in [3.8, 4) is 0 Å². The van der Waals surface area contributed by atoms with Crippen molar-refractivity contribution >= 4 is 23.7 Å². The van der Waals surface area contributed by atoms with Crippen molar-refractivity contribution < 1.29 is 43.6 Å². The van der Waals surface area contributed by atoms with Gasteiger partial charge >= 0.3 is 17.9 Å². The molecule has 0 bridgehead atoms. The standard InChI is InChI=1S/C34H50O9/c1-8-9-10-11-12-13-14-15-27(37)42-30-21(3)33(40)25(28-31(6,7)34(28,30)43-23(5)36)17-24(19-41-22(4)35)18-32(39)26(33)16-20(2)29(32)38/h16-17,21,25-26,28,30,39-40H,8-15,18-19H2,1-7H3/t21-,25+,26-,28-,30-,32+,33-,34-/m1/s1. The summed E-state index contributed by atoms with van der Waals surface area (Å²) in [6, 6.07) is 0. The minimum absolute atomic E-state index is 0.125. The van der Waals surface area contributed by atoms with Gasteiger partial charge in [0.15, 0.2) is 11.4 Å². The molecule has 0 unspecified atom stereocenters. The molecular weight excluding hydrogens is 552 g/mol. The third kappa shape index (κ3) is 5.49. The highest BCUT2D eigenvalue weighted by molar-refractivity contribution is 6.04. The lowest BCUT2D eigenvalue weighted by Gasteiger charge is -2.53. The Kier molecular flexibility index (Phi) is 9.40. The maximum absolute atomic E-state index is 13.4. The molecule has 2 fully saturated rings. The average Bonchev–Trinajstić information content (AvgIpc) is 3.34. The van der Waals surface area contributed by atoms with Gasteiger partial charge < -0.3 is 24.4 Å². The van der Waals surface area contributed by atoms with Gasteiger partial charge in [-0.2, -0.15) is 0 Å². The van der Waals surface area contributed by atoms with Crippen molar-refractivity contribution in [3.63, 3.8) is 0 Å². The second-order valence-electron chi connectivity index (χ2n) is 13.9. The monoisotopic (exact) mass is 602 g/mol. The highest BCUT2D eigenvalue weighted by Gasteiger charge is 2.87. The van der Waals surface area contributed by atoms with Crippen LogP contribution in [0.1, 0.15) is 106 Å². The molecule has 8 atom stereocenters. The van der Waals surface area contributed by atoms with E-state index in [1.165, 1.54) is 33.1 Å². The summed E-state index contributed by atoms with van der Waals surface area (Å²) in [7, 11) is 0. The highest BCUT2D eigenvalue weighted by atomic mass is 16.6. The fourth-order valence-electron chi connectivity index (χ4n) is 8.67. The van der Waals surface area contributed by atoms with Gasteiger partial charge in [-0.15, -0.1) is 0 Å². The predicted molar refractivity (Wildman–Crippen MR) is 158 cm³/mol. The number of aliphatic hydroxyl groups is 2. The number of hydrogen-bond donors (Lipinski definition) is 2. The van der Waals surface area contributed by atoms with E-state index in [-0.39, 0.29) is 19.4 Å². The third-order valence-electron chi connectivity index (χ3n) is 10.8. The van der Waals surface area contributed by atoms with Gasteiger partial charge in [-0.05, 0) is 24.5 Å². The molecule has 4 aliphatic rings. The van der Waals surface area contributed by atoms with Crippen LogP contribution in [0.3, 0.4) is 0 Å². The van der Waals surface area contributed by atoms with E-state index in [4.69, 9.17) is 14.2 Å². The number of unbranched alkanes of at least 4 members (excludes halogenated alkanes) is 6. The van der Waals surface area contributed by atoms with E-state index in [9.17, 15) is 29.4 Å². The van der Waals surface area contributed by atoms with Crippen LogP contribution in [-0.2, 0) is 33.4 Å². The van der Waals surface area contributed by atoms with Crippen LogP contribution in [0.15, 0.2) is 23.3 Å². The van der Waals surface area contributed by atoms with Gasteiger partial charge in [0.1, 0.15) is 18.3 Å². The molecule has 0 spiro atoms. The zero-order valence-corrected chi connectivity index (χ0v) is 26.9. The molecule has 240 valence electrons. The molecule has 0 amide bonds. The van der Waals surface area contributed by atoms with Gasteiger partial charge in [-0.25, -0.2) is 0 Å². The SMILES string of the molecule is CCCCCCCCCC(=O)O[C@@H]1[C@@H](C)[C@@]2(O)[C@@H](C=C(COC(C)=O)C[C@@]3(O)C(=O)C(C)=C[C@@H]23)[C@@H]2C(C)(C)[C@]12OC(C)=O. The molecule has 0 saturated heterocycles. The Morgan fingerprint density at radius 3 is 2.21 bits per heavy atom. The first-order valence-electron chi connectivity index (χ1n) is 16.0. The van der Waals surface area contributed by atoms with Gasteiger partial charge in [0.05, 0.1) is 5.60 Å². The van der Waals surface area contributed by atoms with E-state index in [0.717, 1.165) is 19.3 Å². The predicted octanol–water partition coefficient (Wildman–Crippen LogP) is 4.76. The fourth-order valence-corrected chi connectivity index (χ4v) is 8.67. The molecule has 2 N–H and O–H groups in total. The summed E-state index contributed by atoms with van der Waals surface area (Å²) in [4.78, 5) is 51.0. The highest BCUT2D eigenvalue weighted by Crippen LogP contribution is 2.77. The Labute approximate surface area is 255 Å². The number of ketones is 1. The Balaban J connectivity index is 1.71. The maximum Gasteiger partial charge on any atom is 0.306 e. The molecule has 0 aliphatic heterocycles. The number of carbonyl (C=O) groups excluding carboxylic acids is 4. The van der Waals surface area contributed by atoms with Crippen LogP contribution >= 0.6 is 0 Å². The summed E-state index contributed by atoms with van der Waals surface area (Å²) in [6.45, 7) is 11.8. The normalized spacial score (nSPS) is 37.1. The van der Waals surface area contributed by atoms with Crippen LogP contribution in [0.2, 0.25) is 0 Å². The van der Waals surface area contributed by atoms with Gasteiger partial charge in [0.25, 0.3) is 0 Å². The van der Waals surface area contributed by atoms with Crippen LogP contribution < -0.4 is 0 Å². The lowest BCUT2D eigenvalue weighted by atomic mass is 9.59. The van der Waals surface area contributed by atoms with Crippen LogP contribution in [-0.4, -0.2) is 63.4 Å². The van der Waals surface area contributed by atoms with Gasteiger partial charge in [0.2, 0.25) is 0 Å². The topological polar surface area (TPSA) is 136 Å². The maximum atomic E-state index is 13.4. The largest absolute Gasteiger partial charge is 0.461 e. The second-order valence-corrected chi connectivity index (χ2v) is 13.9. The molecule has 9 heteroatoms. The first kappa shape index (κ1) is 33.4. The zero-order valence-electron chi connectivity index (χ0n) is 26.9. The molecule has 0 aromatic rings. The number of rotatable bonds is 12. The molecule has 43 heavy (non-hydrogen) atoms. The molecule has 9 nitrogen and oxygen atoms in total. The zero-order chi connectivity index (χ0) is 32.0. The van der Waals surface area contributed by atoms with Crippen LogP contribution in [0.25, 0.3) is 0 Å². The molecule has 2 saturated carbocycles. The van der Waals surface area contributed by atoms with Crippen LogP contribution in [0.4, 0.5) is 0 Å². The van der Waals surface area contributed by atoms with E-state index in [0.29, 0.717) is 17.6 Å². The van der Waals surface area contributed by atoms with Crippen molar-refractivity contribution in [1.29, 1.82) is 0 Å². The number of Topliss-reactive ketones (excluding diaryl/α,β-unsaturated/α-hetero) is 1. The summed E-state index contributed by atoms with van der Waals surface area (Å²) in [5.74, 6) is -5.01. The number of esters is 3. The Hall–Kier alpha value is -2.52. The Morgan fingerprint density at radius 1 is 0.977 bits per heavy atom. The third-order valence-corrected chi connectivity index (χ3v) is 10.8. The van der Waals surface area contributed by atoms with Crippen LogP contribution in [0, 0.1) is 29.1 Å². The first-order chi connectivity index (χ1) is 20.1. The number of carbonyl (C=O) groups is 4. The molecular formula is C34H50O9. The summed E-state index contributed by atoms with van der Waals surface area (Å²) in [5, 5.41) is 24.8. The number of fused-ring (bicyclic) bond motifs is 5. The van der Waals surface area contributed by atoms with E-state index >= 15 is 0 Å². The van der Waals surface area contributed by atoms with Crippen molar-refractivity contribution in [2.24, 2.45) is 29.1 Å². The number of hydrogen-bond acceptors (Lipinski definition) is 9. The minimum Gasteiger partial charge on any atom is -0.461 e. The van der Waals surface area contributed by atoms with Crippen LogP contribution in [0.5, 0.6) is 0 Å².